The lowest BCUT2D eigenvalue weighted by atomic mass is 10.1. The monoisotopic (exact) mass is 283 g/mol. The van der Waals surface area contributed by atoms with E-state index < -0.39 is 5.97 Å². The molecule has 0 aliphatic heterocycles. The van der Waals surface area contributed by atoms with E-state index >= 15 is 0 Å². The molecule has 0 atom stereocenters. The number of rotatable bonds is 3. The normalized spacial score (nSPS) is 10.5. The van der Waals surface area contributed by atoms with Crippen LogP contribution in [-0.2, 0) is 0 Å². The minimum Gasteiger partial charge on any atom is -0.478 e. The fraction of sp³-hybridized carbons (Fsp3) is 0. The number of halogens is 1. The molecule has 1 N–H and O–H groups in total. The van der Waals surface area contributed by atoms with Gasteiger partial charge in [0, 0.05) is 5.56 Å². The van der Waals surface area contributed by atoms with Crippen LogP contribution in [0.15, 0.2) is 54.9 Å². The molecule has 0 unspecified atom stereocenters. The summed E-state index contributed by atoms with van der Waals surface area (Å²) < 4.78 is 14.4. The van der Waals surface area contributed by atoms with Gasteiger partial charge in [0.25, 0.3) is 0 Å². The lowest BCUT2D eigenvalue weighted by Gasteiger charge is -2.00. The molecule has 0 fully saturated rings. The summed E-state index contributed by atoms with van der Waals surface area (Å²) in [6, 6.07) is 12.2. The Morgan fingerprint density at radius 3 is 2.62 bits per heavy atom. The molecule has 0 bridgehead atoms. The highest BCUT2D eigenvalue weighted by Gasteiger charge is 2.09. The van der Waals surface area contributed by atoms with Crippen molar-refractivity contribution in [3.05, 3.63) is 66.2 Å². The zero-order valence-corrected chi connectivity index (χ0v) is 10.8. The summed E-state index contributed by atoms with van der Waals surface area (Å²) in [5.41, 5.74) is 1.45. The number of carbonyl (C=O) groups is 1. The van der Waals surface area contributed by atoms with Crippen molar-refractivity contribution in [2.75, 3.05) is 0 Å². The largest absolute Gasteiger partial charge is 0.478 e. The van der Waals surface area contributed by atoms with E-state index in [0.717, 1.165) is 0 Å². The van der Waals surface area contributed by atoms with E-state index in [2.05, 4.69) is 10.1 Å². The molecule has 0 amide bonds. The van der Waals surface area contributed by atoms with Crippen LogP contribution in [0.3, 0.4) is 0 Å². The number of benzene rings is 2. The van der Waals surface area contributed by atoms with Crippen LogP contribution in [0.25, 0.3) is 17.1 Å². The smallest absolute Gasteiger partial charge is 0.335 e. The molecule has 0 saturated carbocycles. The van der Waals surface area contributed by atoms with Gasteiger partial charge < -0.3 is 5.11 Å². The Morgan fingerprint density at radius 2 is 1.90 bits per heavy atom. The summed E-state index contributed by atoms with van der Waals surface area (Å²) in [5, 5.41) is 13.3. The van der Waals surface area contributed by atoms with E-state index in [1.807, 2.05) is 0 Å². The van der Waals surface area contributed by atoms with E-state index in [9.17, 15) is 9.18 Å². The highest BCUT2D eigenvalue weighted by Crippen LogP contribution is 2.17. The highest BCUT2D eigenvalue weighted by atomic mass is 19.1. The van der Waals surface area contributed by atoms with Crippen molar-refractivity contribution in [1.82, 2.24) is 14.8 Å². The summed E-state index contributed by atoms with van der Waals surface area (Å²) in [4.78, 5) is 15.1. The van der Waals surface area contributed by atoms with E-state index in [4.69, 9.17) is 5.11 Å². The zero-order chi connectivity index (χ0) is 14.8. The maximum Gasteiger partial charge on any atom is 0.335 e. The molecule has 0 radical (unpaired) electrons. The quantitative estimate of drug-likeness (QED) is 0.802. The average molecular weight is 283 g/mol. The maximum absolute atomic E-state index is 12.9. The maximum atomic E-state index is 12.9. The van der Waals surface area contributed by atoms with Crippen LogP contribution in [0.4, 0.5) is 4.39 Å². The van der Waals surface area contributed by atoms with Gasteiger partial charge >= 0.3 is 5.97 Å². The van der Waals surface area contributed by atoms with Gasteiger partial charge in [-0.25, -0.2) is 18.9 Å². The molecule has 3 rings (SSSR count). The minimum atomic E-state index is -1.00. The van der Waals surface area contributed by atoms with Crippen molar-refractivity contribution in [3.63, 3.8) is 0 Å². The first-order valence-electron chi connectivity index (χ1n) is 6.15. The molecule has 1 aromatic heterocycles. The van der Waals surface area contributed by atoms with Crippen LogP contribution in [0.5, 0.6) is 0 Å². The fourth-order valence-corrected chi connectivity index (χ4v) is 1.90. The number of carboxylic acids is 1. The van der Waals surface area contributed by atoms with Gasteiger partial charge in [0.2, 0.25) is 0 Å². The van der Waals surface area contributed by atoms with Gasteiger partial charge in [0.1, 0.15) is 12.1 Å². The SMILES string of the molecule is O=C(O)c1cccc(-c2ncn(-c3ccc(F)cc3)n2)c1. The predicted octanol–water partition coefficient (Wildman–Crippen LogP) is 2.77. The van der Waals surface area contributed by atoms with Crippen molar-refractivity contribution in [2.24, 2.45) is 0 Å². The van der Waals surface area contributed by atoms with Crippen LogP contribution >= 0.6 is 0 Å². The molecule has 104 valence electrons. The lowest BCUT2D eigenvalue weighted by molar-refractivity contribution is 0.0697. The molecule has 0 aliphatic carbocycles. The average Bonchev–Trinajstić information content (AvgIpc) is 2.98. The molecular formula is C15H10FN3O2. The summed E-state index contributed by atoms with van der Waals surface area (Å²) in [7, 11) is 0. The van der Waals surface area contributed by atoms with Crippen LogP contribution in [0.1, 0.15) is 10.4 Å². The fourth-order valence-electron chi connectivity index (χ4n) is 1.90. The Bertz CT molecular complexity index is 797. The molecule has 0 saturated heterocycles. The number of aromatic nitrogens is 3. The molecule has 5 nitrogen and oxygen atoms in total. The molecule has 0 aliphatic rings. The van der Waals surface area contributed by atoms with Crippen LogP contribution in [0, 0.1) is 5.82 Å². The van der Waals surface area contributed by atoms with Crippen molar-refractivity contribution in [2.45, 2.75) is 0 Å². The summed E-state index contributed by atoms with van der Waals surface area (Å²) in [6.45, 7) is 0. The third kappa shape index (κ3) is 2.64. The highest BCUT2D eigenvalue weighted by molar-refractivity contribution is 5.89. The third-order valence-electron chi connectivity index (χ3n) is 2.95. The molecule has 3 aromatic rings. The first-order chi connectivity index (χ1) is 10.1. The first kappa shape index (κ1) is 13.0. The third-order valence-corrected chi connectivity index (χ3v) is 2.95. The lowest BCUT2D eigenvalue weighted by Crippen LogP contribution is -1.97. The second-order valence-electron chi connectivity index (χ2n) is 4.38. The topological polar surface area (TPSA) is 68.0 Å². The minimum absolute atomic E-state index is 0.172. The standard InChI is InChI=1S/C15H10FN3O2/c16-12-4-6-13(7-5-12)19-9-17-14(18-19)10-2-1-3-11(8-10)15(20)21/h1-9H,(H,20,21). The van der Waals surface area contributed by atoms with E-state index in [1.54, 1.807) is 24.3 Å². The number of aromatic carboxylic acids is 1. The molecule has 0 spiro atoms. The number of hydrogen-bond acceptors (Lipinski definition) is 3. The van der Waals surface area contributed by atoms with Gasteiger partial charge in [0.15, 0.2) is 5.82 Å². The molecule has 1 heterocycles. The Balaban J connectivity index is 1.96. The summed E-state index contributed by atoms with van der Waals surface area (Å²) in [6.07, 6.45) is 1.50. The van der Waals surface area contributed by atoms with Gasteiger partial charge in [-0.2, -0.15) is 0 Å². The van der Waals surface area contributed by atoms with Gasteiger partial charge in [-0.1, -0.05) is 12.1 Å². The number of nitrogens with zero attached hydrogens (tertiary/aromatic N) is 3. The van der Waals surface area contributed by atoms with Crippen molar-refractivity contribution in [3.8, 4) is 17.1 Å². The van der Waals surface area contributed by atoms with Crippen LogP contribution in [-0.4, -0.2) is 25.8 Å². The molecular weight excluding hydrogens is 273 g/mol. The van der Waals surface area contributed by atoms with Crippen molar-refractivity contribution in [1.29, 1.82) is 0 Å². The zero-order valence-electron chi connectivity index (χ0n) is 10.8. The predicted molar refractivity (Wildman–Crippen MR) is 73.7 cm³/mol. The molecule has 6 heteroatoms. The van der Waals surface area contributed by atoms with E-state index in [-0.39, 0.29) is 11.4 Å². The van der Waals surface area contributed by atoms with Crippen molar-refractivity contribution < 1.29 is 14.3 Å². The summed E-state index contributed by atoms with van der Waals surface area (Å²) in [5.74, 6) is -0.925. The van der Waals surface area contributed by atoms with E-state index in [1.165, 1.54) is 35.3 Å². The molecule has 2 aromatic carbocycles. The summed E-state index contributed by atoms with van der Waals surface area (Å²) >= 11 is 0. The van der Waals surface area contributed by atoms with E-state index in [0.29, 0.717) is 17.1 Å². The number of hydrogen-bond donors (Lipinski definition) is 1. The Morgan fingerprint density at radius 1 is 1.14 bits per heavy atom. The van der Waals surface area contributed by atoms with Gasteiger partial charge in [-0.15, -0.1) is 5.10 Å². The Hall–Kier alpha value is -3.02. The van der Waals surface area contributed by atoms with Crippen LogP contribution in [0.2, 0.25) is 0 Å². The van der Waals surface area contributed by atoms with Gasteiger partial charge in [0.05, 0.1) is 11.3 Å². The van der Waals surface area contributed by atoms with Gasteiger partial charge in [-0.3, -0.25) is 0 Å². The Labute approximate surface area is 119 Å². The number of carboxylic acid groups (broad SMARTS) is 1. The van der Waals surface area contributed by atoms with Crippen LogP contribution < -0.4 is 0 Å². The van der Waals surface area contributed by atoms with Crippen molar-refractivity contribution >= 4 is 5.97 Å². The second kappa shape index (κ2) is 5.16. The van der Waals surface area contributed by atoms with Gasteiger partial charge in [-0.05, 0) is 36.4 Å². The Kier molecular flexibility index (Phi) is 3.19. The second-order valence-corrected chi connectivity index (χ2v) is 4.38. The molecule has 21 heavy (non-hydrogen) atoms. The first-order valence-corrected chi connectivity index (χ1v) is 6.15.